The van der Waals surface area contributed by atoms with Gasteiger partial charge in [0.2, 0.25) is 10.0 Å². The summed E-state index contributed by atoms with van der Waals surface area (Å²) in [5.41, 5.74) is 1.83. The average Bonchev–Trinajstić information content (AvgIpc) is 2.44. The Labute approximate surface area is 133 Å². The molecule has 4 nitrogen and oxygen atoms in total. The highest BCUT2D eigenvalue weighted by atomic mass is 79.9. The van der Waals surface area contributed by atoms with E-state index >= 15 is 0 Å². The van der Waals surface area contributed by atoms with Crippen LogP contribution in [-0.2, 0) is 16.4 Å². The molecule has 2 rings (SSSR count). The van der Waals surface area contributed by atoms with E-state index in [-0.39, 0.29) is 10.6 Å². The first-order chi connectivity index (χ1) is 9.88. The summed E-state index contributed by atoms with van der Waals surface area (Å²) in [7, 11) is -3.50. The lowest BCUT2D eigenvalue weighted by Gasteiger charge is -2.08. The molecule has 0 aromatic heterocycles. The van der Waals surface area contributed by atoms with Gasteiger partial charge in [-0.3, -0.25) is 0 Å². The van der Waals surface area contributed by atoms with Gasteiger partial charge >= 0.3 is 0 Å². The van der Waals surface area contributed by atoms with E-state index in [9.17, 15) is 13.5 Å². The predicted octanol–water partition coefficient (Wildman–Crippen LogP) is 2.98. The van der Waals surface area contributed by atoms with Gasteiger partial charge in [-0.05, 0) is 54.8 Å². The SMILES string of the molecule is Cc1cc(S(=O)(=O)NCCc2ccc(O)cc2)ccc1Br. The number of nitrogens with one attached hydrogen (secondary N) is 1. The van der Waals surface area contributed by atoms with E-state index in [4.69, 9.17) is 0 Å². The lowest BCUT2D eigenvalue weighted by atomic mass is 10.1. The Morgan fingerprint density at radius 3 is 2.43 bits per heavy atom. The summed E-state index contributed by atoms with van der Waals surface area (Å²) in [4.78, 5) is 0.258. The van der Waals surface area contributed by atoms with E-state index in [1.54, 1.807) is 42.5 Å². The van der Waals surface area contributed by atoms with Crippen molar-refractivity contribution in [1.29, 1.82) is 0 Å². The molecule has 0 atom stereocenters. The van der Waals surface area contributed by atoms with Crippen LogP contribution in [-0.4, -0.2) is 20.1 Å². The monoisotopic (exact) mass is 369 g/mol. The maximum Gasteiger partial charge on any atom is 0.240 e. The first-order valence-corrected chi connectivity index (χ1v) is 8.70. The normalized spacial score (nSPS) is 11.5. The van der Waals surface area contributed by atoms with E-state index in [1.165, 1.54) is 0 Å². The highest BCUT2D eigenvalue weighted by Gasteiger charge is 2.14. The van der Waals surface area contributed by atoms with Gasteiger partial charge in [0.25, 0.3) is 0 Å². The van der Waals surface area contributed by atoms with Crippen LogP contribution in [0.5, 0.6) is 5.75 Å². The van der Waals surface area contributed by atoms with Gasteiger partial charge in [0.15, 0.2) is 0 Å². The predicted molar refractivity (Wildman–Crippen MR) is 85.9 cm³/mol. The van der Waals surface area contributed by atoms with Crippen LogP contribution < -0.4 is 4.72 Å². The number of hydrogen-bond donors (Lipinski definition) is 2. The Morgan fingerprint density at radius 1 is 1.14 bits per heavy atom. The van der Waals surface area contributed by atoms with Crippen LogP contribution in [0.15, 0.2) is 51.8 Å². The van der Waals surface area contributed by atoms with Gasteiger partial charge in [-0.1, -0.05) is 28.1 Å². The third kappa shape index (κ3) is 4.30. The van der Waals surface area contributed by atoms with Crippen LogP contribution in [0.25, 0.3) is 0 Å². The lowest BCUT2D eigenvalue weighted by Crippen LogP contribution is -2.26. The maximum absolute atomic E-state index is 12.2. The number of phenols is 1. The number of benzene rings is 2. The molecular weight excluding hydrogens is 354 g/mol. The molecule has 0 amide bonds. The number of hydrogen-bond acceptors (Lipinski definition) is 3. The zero-order valence-electron chi connectivity index (χ0n) is 11.5. The molecule has 21 heavy (non-hydrogen) atoms. The van der Waals surface area contributed by atoms with E-state index in [0.717, 1.165) is 15.6 Å². The second kappa shape index (κ2) is 6.60. The topological polar surface area (TPSA) is 66.4 Å². The van der Waals surface area contributed by atoms with Crippen molar-refractivity contribution < 1.29 is 13.5 Å². The zero-order valence-corrected chi connectivity index (χ0v) is 13.9. The molecule has 0 aliphatic carbocycles. The van der Waals surface area contributed by atoms with Crippen molar-refractivity contribution in [2.24, 2.45) is 0 Å². The molecule has 2 aromatic carbocycles. The fourth-order valence-electron chi connectivity index (χ4n) is 1.86. The summed E-state index contributed by atoms with van der Waals surface area (Å²) in [6.45, 7) is 2.15. The van der Waals surface area contributed by atoms with Crippen LogP contribution in [0.3, 0.4) is 0 Å². The third-order valence-electron chi connectivity index (χ3n) is 3.08. The largest absolute Gasteiger partial charge is 0.508 e. The number of aromatic hydroxyl groups is 1. The molecule has 0 heterocycles. The molecule has 0 radical (unpaired) electrons. The van der Waals surface area contributed by atoms with Crippen molar-refractivity contribution in [2.45, 2.75) is 18.2 Å². The van der Waals surface area contributed by atoms with Crippen molar-refractivity contribution in [1.82, 2.24) is 4.72 Å². The molecule has 6 heteroatoms. The molecular formula is C15H16BrNO3S. The van der Waals surface area contributed by atoms with E-state index in [0.29, 0.717) is 13.0 Å². The van der Waals surface area contributed by atoms with Gasteiger partial charge in [0.05, 0.1) is 4.90 Å². The quantitative estimate of drug-likeness (QED) is 0.851. The molecule has 0 unspecified atom stereocenters. The molecule has 0 saturated heterocycles. The van der Waals surface area contributed by atoms with Crippen molar-refractivity contribution in [2.75, 3.05) is 6.54 Å². The molecule has 0 bridgehead atoms. The second-order valence-electron chi connectivity index (χ2n) is 4.73. The maximum atomic E-state index is 12.2. The zero-order chi connectivity index (χ0) is 15.5. The molecule has 2 aromatic rings. The van der Waals surface area contributed by atoms with Gasteiger partial charge in [0.1, 0.15) is 5.75 Å². The van der Waals surface area contributed by atoms with Crippen molar-refractivity contribution in [3.63, 3.8) is 0 Å². The first-order valence-electron chi connectivity index (χ1n) is 6.42. The molecule has 112 valence electrons. The molecule has 2 N–H and O–H groups in total. The second-order valence-corrected chi connectivity index (χ2v) is 7.35. The number of halogens is 1. The van der Waals surface area contributed by atoms with E-state index in [2.05, 4.69) is 20.7 Å². The minimum Gasteiger partial charge on any atom is -0.508 e. The highest BCUT2D eigenvalue weighted by molar-refractivity contribution is 9.10. The Bertz CT molecular complexity index is 727. The molecule has 0 aliphatic rings. The molecule has 0 fully saturated rings. The van der Waals surface area contributed by atoms with Crippen LogP contribution in [0.4, 0.5) is 0 Å². The lowest BCUT2D eigenvalue weighted by molar-refractivity contribution is 0.475. The van der Waals surface area contributed by atoms with Gasteiger partial charge in [-0.15, -0.1) is 0 Å². The summed E-state index contributed by atoms with van der Waals surface area (Å²) >= 11 is 3.35. The van der Waals surface area contributed by atoms with Crippen LogP contribution >= 0.6 is 15.9 Å². The van der Waals surface area contributed by atoms with Crippen LogP contribution in [0.2, 0.25) is 0 Å². The Hall–Kier alpha value is -1.37. The third-order valence-corrected chi connectivity index (χ3v) is 5.43. The fourth-order valence-corrected chi connectivity index (χ4v) is 3.22. The van der Waals surface area contributed by atoms with Gasteiger partial charge in [-0.2, -0.15) is 0 Å². The number of rotatable bonds is 5. The Balaban J connectivity index is 2.01. The number of sulfonamides is 1. The summed E-state index contributed by atoms with van der Waals surface area (Å²) in [5, 5.41) is 9.19. The van der Waals surface area contributed by atoms with Crippen LogP contribution in [0.1, 0.15) is 11.1 Å². The van der Waals surface area contributed by atoms with Gasteiger partial charge in [-0.25, -0.2) is 13.1 Å². The smallest absolute Gasteiger partial charge is 0.240 e. The van der Waals surface area contributed by atoms with Gasteiger partial charge in [0, 0.05) is 11.0 Å². The van der Waals surface area contributed by atoms with Crippen molar-refractivity contribution in [3.05, 3.63) is 58.1 Å². The standard InChI is InChI=1S/C15H16BrNO3S/c1-11-10-14(6-7-15(11)16)21(19,20)17-9-8-12-2-4-13(18)5-3-12/h2-7,10,17-18H,8-9H2,1H3. The van der Waals surface area contributed by atoms with Crippen molar-refractivity contribution >= 4 is 26.0 Å². The summed E-state index contributed by atoms with van der Waals surface area (Å²) < 4.78 is 27.8. The number of aryl methyl sites for hydroxylation is 1. The Morgan fingerprint density at radius 2 is 1.81 bits per heavy atom. The average molecular weight is 370 g/mol. The number of phenolic OH excluding ortho intramolecular Hbond substituents is 1. The minimum absolute atomic E-state index is 0.199. The fraction of sp³-hybridized carbons (Fsp3) is 0.200. The first kappa shape index (κ1) is 16.0. The molecule has 0 aliphatic heterocycles. The summed E-state index contributed by atoms with van der Waals surface area (Å²) in [6, 6.07) is 11.6. The van der Waals surface area contributed by atoms with Crippen LogP contribution in [0, 0.1) is 6.92 Å². The molecule has 0 spiro atoms. The molecule has 0 saturated carbocycles. The summed E-state index contributed by atoms with van der Waals surface area (Å²) in [5.74, 6) is 0.199. The van der Waals surface area contributed by atoms with E-state index in [1.807, 2.05) is 6.92 Å². The highest BCUT2D eigenvalue weighted by Crippen LogP contribution is 2.20. The van der Waals surface area contributed by atoms with Crippen molar-refractivity contribution in [3.8, 4) is 5.75 Å². The van der Waals surface area contributed by atoms with Gasteiger partial charge < -0.3 is 5.11 Å². The van der Waals surface area contributed by atoms with E-state index < -0.39 is 10.0 Å². The Kier molecular flexibility index (Phi) is 5.03. The minimum atomic E-state index is -3.50. The summed E-state index contributed by atoms with van der Waals surface area (Å²) in [6.07, 6.45) is 0.565.